The van der Waals surface area contributed by atoms with Gasteiger partial charge in [-0.25, -0.2) is 23.7 Å². The molecule has 1 aliphatic heterocycles. The molecule has 0 radical (unpaired) electrons. The zero-order valence-electron chi connectivity index (χ0n) is 17.6. The molecule has 1 fully saturated rings. The number of amides is 1. The van der Waals surface area contributed by atoms with Gasteiger partial charge in [-0.1, -0.05) is 55.8 Å². The lowest BCUT2D eigenvalue weighted by Gasteiger charge is -2.23. The monoisotopic (exact) mass is 457 g/mol. The van der Waals surface area contributed by atoms with Gasteiger partial charge in [-0.2, -0.15) is 0 Å². The van der Waals surface area contributed by atoms with Crippen LogP contribution in [0, 0.1) is 0 Å². The number of nitrogens with one attached hydrogen (secondary N) is 1. The van der Waals surface area contributed by atoms with E-state index in [0.29, 0.717) is 17.1 Å². The minimum atomic E-state index is -2.83. The van der Waals surface area contributed by atoms with Gasteiger partial charge in [0.2, 0.25) is 0 Å². The molecule has 1 amide bonds. The topological polar surface area (TPSA) is 71.0 Å². The van der Waals surface area contributed by atoms with Crippen molar-refractivity contribution in [2.24, 2.45) is 0 Å². The number of aromatic nitrogens is 3. The van der Waals surface area contributed by atoms with E-state index >= 15 is 0 Å². The summed E-state index contributed by atoms with van der Waals surface area (Å²) in [6.07, 6.45) is 2.61. The van der Waals surface area contributed by atoms with E-state index < -0.39 is 18.4 Å². The van der Waals surface area contributed by atoms with Crippen molar-refractivity contribution in [2.45, 2.75) is 32.1 Å². The van der Waals surface area contributed by atoms with E-state index in [-0.39, 0.29) is 35.4 Å². The first kappa shape index (κ1) is 22.1. The summed E-state index contributed by atoms with van der Waals surface area (Å²) in [5.74, 6) is -2.34. The van der Waals surface area contributed by atoms with Crippen LogP contribution in [-0.4, -0.2) is 39.9 Å². The van der Waals surface area contributed by atoms with E-state index in [1.807, 2.05) is 44.2 Å². The second-order valence-corrected chi connectivity index (χ2v) is 8.41. The number of hydrogen-bond acceptors (Lipinski definition) is 5. The van der Waals surface area contributed by atoms with Crippen molar-refractivity contribution < 1.29 is 13.6 Å². The SMILES string of the molecule is CC(C)c1ncc(C(=O)Nc2c(-c3ccccc3)cc(Cl)nc2N2CCC(F)(F)C2)cn1. The van der Waals surface area contributed by atoms with Gasteiger partial charge >= 0.3 is 0 Å². The number of carbonyl (C=O) groups excluding carboxylic acids is 1. The van der Waals surface area contributed by atoms with Gasteiger partial charge in [-0.15, -0.1) is 0 Å². The second-order valence-electron chi connectivity index (χ2n) is 8.02. The Labute approximate surface area is 189 Å². The lowest BCUT2D eigenvalue weighted by Crippen LogP contribution is -2.27. The molecule has 0 unspecified atom stereocenters. The molecule has 32 heavy (non-hydrogen) atoms. The van der Waals surface area contributed by atoms with Crippen molar-refractivity contribution in [1.82, 2.24) is 15.0 Å². The Morgan fingerprint density at radius 1 is 1.19 bits per heavy atom. The minimum Gasteiger partial charge on any atom is -0.349 e. The normalized spacial score (nSPS) is 15.2. The van der Waals surface area contributed by atoms with Gasteiger partial charge in [0.25, 0.3) is 11.8 Å². The van der Waals surface area contributed by atoms with Crippen molar-refractivity contribution in [3.05, 3.63) is 65.3 Å². The first-order valence-electron chi connectivity index (χ1n) is 10.3. The summed E-state index contributed by atoms with van der Waals surface area (Å²) in [7, 11) is 0. The third-order valence-corrected chi connectivity index (χ3v) is 5.41. The smallest absolute Gasteiger partial charge is 0.266 e. The summed E-state index contributed by atoms with van der Waals surface area (Å²) in [6, 6.07) is 10.9. The molecule has 0 aliphatic carbocycles. The Hall–Kier alpha value is -3.13. The van der Waals surface area contributed by atoms with E-state index in [9.17, 15) is 13.6 Å². The van der Waals surface area contributed by atoms with Crippen LogP contribution in [0.2, 0.25) is 5.15 Å². The number of hydrogen-bond donors (Lipinski definition) is 1. The van der Waals surface area contributed by atoms with Gasteiger partial charge in [0, 0.05) is 36.8 Å². The summed E-state index contributed by atoms with van der Waals surface area (Å²) in [6.45, 7) is 3.52. The third kappa shape index (κ3) is 4.70. The molecule has 0 atom stereocenters. The van der Waals surface area contributed by atoms with Crippen molar-refractivity contribution in [2.75, 3.05) is 23.3 Å². The van der Waals surface area contributed by atoms with Crippen LogP contribution >= 0.6 is 11.6 Å². The molecule has 1 aliphatic rings. The van der Waals surface area contributed by atoms with Crippen LogP contribution in [0.15, 0.2) is 48.8 Å². The summed E-state index contributed by atoms with van der Waals surface area (Å²) >= 11 is 6.26. The highest BCUT2D eigenvalue weighted by Crippen LogP contribution is 2.40. The Morgan fingerprint density at radius 2 is 1.88 bits per heavy atom. The van der Waals surface area contributed by atoms with Crippen LogP contribution in [-0.2, 0) is 0 Å². The minimum absolute atomic E-state index is 0.101. The highest BCUT2D eigenvalue weighted by atomic mass is 35.5. The molecular formula is C23H22ClF2N5O. The molecule has 4 rings (SSSR count). The van der Waals surface area contributed by atoms with E-state index in [0.717, 1.165) is 5.56 Å². The largest absolute Gasteiger partial charge is 0.349 e. The standard InChI is InChI=1S/C23H22ClF2N5O/c1-14(2)20-27-11-16(12-28-20)22(32)30-19-17(15-6-4-3-5-7-15)10-18(24)29-21(19)31-9-8-23(25,26)13-31/h3-7,10-12,14H,8-9,13H2,1-2H3,(H,30,32). The third-order valence-electron chi connectivity index (χ3n) is 5.21. The predicted octanol–water partition coefficient (Wildman–Crippen LogP) is 5.41. The molecule has 1 aromatic carbocycles. The average Bonchev–Trinajstić information content (AvgIpc) is 3.14. The Morgan fingerprint density at radius 3 is 2.47 bits per heavy atom. The number of alkyl halides is 2. The number of benzene rings is 1. The van der Waals surface area contributed by atoms with E-state index in [1.54, 1.807) is 6.07 Å². The number of halogens is 3. The molecule has 166 valence electrons. The number of pyridine rings is 1. The summed E-state index contributed by atoms with van der Waals surface area (Å²) in [4.78, 5) is 27.3. The highest BCUT2D eigenvalue weighted by molar-refractivity contribution is 6.30. The molecule has 3 aromatic rings. The molecule has 0 bridgehead atoms. The molecule has 2 aromatic heterocycles. The fourth-order valence-corrected chi connectivity index (χ4v) is 3.74. The van der Waals surface area contributed by atoms with Crippen LogP contribution < -0.4 is 10.2 Å². The van der Waals surface area contributed by atoms with Gasteiger partial charge in [-0.05, 0) is 11.6 Å². The Balaban J connectivity index is 1.77. The molecule has 9 heteroatoms. The van der Waals surface area contributed by atoms with Crippen LogP contribution in [0.3, 0.4) is 0 Å². The van der Waals surface area contributed by atoms with Crippen molar-refractivity contribution >= 4 is 29.0 Å². The molecule has 1 saturated heterocycles. The lowest BCUT2D eigenvalue weighted by molar-refractivity contribution is 0.0257. The average molecular weight is 458 g/mol. The molecule has 0 spiro atoms. The quantitative estimate of drug-likeness (QED) is 0.518. The fraction of sp³-hybridized carbons (Fsp3) is 0.304. The van der Waals surface area contributed by atoms with E-state index in [2.05, 4.69) is 20.3 Å². The van der Waals surface area contributed by atoms with Gasteiger partial charge in [0.15, 0.2) is 5.82 Å². The summed E-state index contributed by atoms with van der Waals surface area (Å²) < 4.78 is 27.9. The molecule has 0 saturated carbocycles. The first-order valence-corrected chi connectivity index (χ1v) is 10.6. The highest BCUT2D eigenvalue weighted by Gasteiger charge is 2.40. The second kappa shape index (κ2) is 8.78. The molecular weight excluding hydrogens is 436 g/mol. The van der Waals surface area contributed by atoms with Gasteiger partial charge < -0.3 is 10.2 Å². The maximum atomic E-state index is 14.0. The van der Waals surface area contributed by atoms with Crippen molar-refractivity contribution in [3.63, 3.8) is 0 Å². The lowest BCUT2D eigenvalue weighted by atomic mass is 10.0. The molecule has 1 N–H and O–H groups in total. The molecule has 6 nitrogen and oxygen atoms in total. The van der Waals surface area contributed by atoms with E-state index in [1.165, 1.54) is 17.3 Å². The Kier molecular flexibility index (Phi) is 6.06. The van der Waals surface area contributed by atoms with Gasteiger partial charge in [-0.3, -0.25) is 4.79 Å². The van der Waals surface area contributed by atoms with E-state index in [4.69, 9.17) is 11.6 Å². The number of rotatable bonds is 5. The zero-order chi connectivity index (χ0) is 22.9. The maximum Gasteiger partial charge on any atom is 0.266 e. The Bertz CT molecular complexity index is 1120. The van der Waals surface area contributed by atoms with Crippen molar-refractivity contribution in [3.8, 4) is 11.1 Å². The summed E-state index contributed by atoms with van der Waals surface area (Å²) in [5, 5.41) is 3.00. The number of nitrogens with zero attached hydrogens (tertiary/aromatic N) is 4. The number of anilines is 2. The number of carbonyl (C=O) groups is 1. The van der Waals surface area contributed by atoms with Crippen LogP contribution in [0.5, 0.6) is 0 Å². The predicted molar refractivity (Wildman–Crippen MR) is 121 cm³/mol. The van der Waals surface area contributed by atoms with Gasteiger partial charge in [0.05, 0.1) is 17.8 Å². The molecule has 3 heterocycles. The van der Waals surface area contributed by atoms with Crippen LogP contribution in [0.1, 0.15) is 42.4 Å². The summed E-state index contributed by atoms with van der Waals surface area (Å²) in [5.41, 5.74) is 1.92. The maximum absolute atomic E-state index is 14.0. The zero-order valence-corrected chi connectivity index (χ0v) is 18.4. The van der Waals surface area contributed by atoms with Crippen molar-refractivity contribution in [1.29, 1.82) is 0 Å². The van der Waals surface area contributed by atoms with Crippen LogP contribution in [0.25, 0.3) is 11.1 Å². The first-order chi connectivity index (χ1) is 15.2. The van der Waals surface area contributed by atoms with Gasteiger partial charge in [0.1, 0.15) is 11.0 Å². The fourth-order valence-electron chi connectivity index (χ4n) is 3.55. The van der Waals surface area contributed by atoms with Crippen LogP contribution in [0.4, 0.5) is 20.3 Å².